The van der Waals surface area contributed by atoms with E-state index in [-0.39, 0.29) is 6.10 Å². The van der Waals surface area contributed by atoms with E-state index in [0.717, 1.165) is 31.6 Å². The fourth-order valence-corrected chi connectivity index (χ4v) is 2.08. The third-order valence-corrected chi connectivity index (χ3v) is 3.21. The fourth-order valence-electron chi connectivity index (χ4n) is 1.72. The monoisotopic (exact) mass is 271 g/mol. The molecule has 0 atom stereocenters. The molecule has 1 fully saturated rings. The maximum atomic E-state index is 6.12. The van der Waals surface area contributed by atoms with Crippen molar-refractivity contribution < 1.29 is 9.47 Å². The molecule has 0 bridgehead atoms. The lowest BCUT2D eigenvalue weighted by Gasteiger charge is -2.23. The van der Waals surface area contributed by atoms with Crippen LogP contribution in [-0.4, -0.2) is 24.3 Å². The van der Waals surface area contributed by atoms with Gasteiger partial charge in [0.2, 0.25) is 0 Å². The van der Waals surface area contributed by atoms with Gasteiger partial charge in [0.1, 0.15) is 16.8 Å². The fraction of sp³-hybridized carbons (Fsp3) is 0.417. The van der Waals surface area contributed by atoms with E-state index in [2.05, 4.69) is 0 Å². The molecule has 1 heterocycles. The molecule has 0 saturated carbocycles. The van der Waals surface area contributed by atoms with Crippen molar-refractivity contribution >= 4 is 28.8 Å². The summed E-state index contributed by atoms with van der Waals surface area (Å²) in [7, 11) is 0. The number of thiocarbonyl (C=S) groups is 1. The van der Waals surface area contributed by atoms with Crippen molar-refractivity contribution in [3.05, 3.63) is 28.8 Å². The molecule has 0 amide bonds. The minimum Gasteiger partial charge on any atom is -0.489 e. The molecule has 17 heavy (non-hydrogen) atoms. The van der Waals surface area contributed by atoms with E-state index < -0.39 is 0 Å². The molecule has 1 saturated heterocycles. The highest BCUT2D eigenvalue weighted by Gasteiger charge is 2.16. The number of halogens is 1. The van der Waals surface area contributed by atoms with Crippen LogP contribution in [0.25, 0.3) is 0 Å². The van der Waals surface area contributed by atoms with Crippen LogP contribution in [0.15, 0.2) is 18.2 Å². The van der Waals surface area contributed by atoms with Crippen LogP contribution in [0.3, 0.4) is 0 Å². The van der Waals surface area contributed by atoms with Crippen LogP contribution in [-0.2, 0) is 4.74 Å². The Labute approximate surface area is 111 Å². The summed E-state index contributed by atoms with van der Waals surface area (Å²) < 4.78 is 11.1. The Morgan fingerprint density at radius 2 is 2.12 bits per heavy atom. The van der Waals surface area contributed by atoms with Crippen molar-refractivity contribution in [2.24, 2.45) is 5.73 Å². The molecule has 1 aromatic rings. The van der Waals surface area contributed by atoms with E-state index in [1.54, 1.807) is 6.07 Å². The smallest absolute Gasteiger partial charge is 0.138 e. The van der Waals surface area contributed by atoms with Crippen LogP contribution in [0.2, 0.25) is 5.02 Å². The molecule has 92 valence electrons. The Hall–Kier alpha value is -0.840. The number of ether oxygens (including phenoxy) is 2. The van der Waals surface area contributed by atoms with E-state index in [9.17, 15) is 0 Å². The largest absolute Gasteiger partial charge is 0.489 e. The van der Waals surface area contributed by atoms with Gasteiger partial charge in [-0.3, -0.25) is 0 Å². The van der Waals surface area contributed by atoms with Gasteiger partial charge in [-0.1, -0.05) is 23.8 Å². The summed E-state index contributed by atoms with van der Waals surface area (Å²) >= 11 is 11.0. The standard InChI is InChI=1S/C12H14ClNO2S/c13-10-7-8(12(14)17)1-2-11(10)16-9-3-5-15-6-4-9/h1-2,7,9H,3-6H2,(H2,14,17). The second-order valence-corrected chi connectivity index (χ2v) is 4.79. The molecule has 2 rings (SSSR count). The number of rotatable bonds is 3. The molecule has 5 heteroatoms. The summed E-state index contributed by atoms with van der Waals surface area (Å²) in [4.78, 5) is 0.338. The van der Waals surface area contributed by atoms with E-state index in [4.69, 9.17) is 39.0 Å². The highest BCUT2D eigenvalue weighted by molar-refractivity contribution is 7.80. The second-order valence-electron chi connectivity index (χ2n) is 3.94. The van der Waals surface area contributed by atoms with Crippen LogP contribution < -0.4 is 10.5 Å². The Kier molecular flexibility index (Phi) is 4.20. The van der Waals surface area contributed by atoms with Gasteiger partial charge in [-0.05, 0) is 18.2 Å². The van der Waals surface area contributed by atoms with Crippen molar-refractivity contribution in [3.8, 4) is 5.75 Å². The summed E-state index contributed by atoms with van der Waals surface area (Å²) in [6.07, 6.45) is 1.97. The topological polar surface area (TPSA) is 44.5 Å². The minimum absolute atomic E-state index is 0.178. The van der Waals surface area contributed by atoms with E-state index >= 15 is 0 Å². The van der Waals surface area contributed by atoms with E-state index in [0.29, 0.717) is 15.8 Å². The number of hydrogen-bond donors (Lipinski definition) is 1. The zero-order chi connectivity index (χ0) is 12.3. The van der Waals surface area contributed by atoms with Crippen molar-refractivity contribution in [1.82, 2.24) is 0 Å². The number of benzene rings is 1. The molecule has 0 unspecified atom stereocenters. The van der Waals surface area contributed by atoms with Gasteiger partial charge < -0.3 is 15.2 Å². The highest BCUT2D eigenvalue weighted by atomic mass is 35.5. The lowest BCUT2D eigenvalue weighted by atomic mass is 10.1. The van der Waals surface area contributed by atoms with Gasteiger partial charge in [-0.15, -0.1) is 0 Å². The quantitative estimate of drug-likeness (QED) is 0.858. The predicted octanol–water partition coefficient (Wildman–Crippen LogP) is 2.53. The average Bonchev–Trinajstić information content (AvgIpc) is 2.33. The summed E-state index contributed by atoms with van der Waals surface area (Å²) in [6, 6.07) is 5.37. The first-order valence-electron chi connectivity index (χ1n) is 5.50. The molecule has 0 spiro atoms. The van der Waals surface area contributed by atoms with Crippen LogP contribution in [0.5, 0.6) is 5.75 Å². The molecule has 0 aliphatic carbocycles. The van der Waals surface area contributed by atoms with Gasteiger partial charge in [0.15, 0.2) is 0 Å². The first-order chi connectivity index (χ1) is 8.16. The number of hydrogen-bond acceptors (Lipinski definition) is 3. The minimum atomic E-state index is 0.178. The third-order valence-electron chi connectivity index (χ3n) is 2.68. The second kappa shape index (κ2) is 5.67. The predicted molar refractivity (Wildman–Crippen MR) is 71.8 cm³/mol. The molecular weight excluding hydrogens is 258 g/mol. The van der Waals surface area contributed by atoms with Gasteiger partial charge >= 0.3 is 0 Å². The van der Waals surface area contributed by atoms with Gasteiger partial charge in [0.05, 0.1) is 18.2 Å². The van der Waals surface area contributed by atoms with Crippen LogP contribution in [0.4, 0.5) is 0 Å². The lowest BCUT2D eigenvalue weighted by Crippen LogP contribution is -2.26. The van der Waals surface area contributed by atoms with Crippen LogP contribution in [0.1, 0.15) is 18.4 Å². The highest BCUT2D eigenvalue weighted by Crippen LogP contribution is 2.28. The molecule has 1 aliphatic rings. The maximum Gasteiger partial charge on any atom is 0.138 e. The number of nitrogens with two attached hydrogens (primary N) is 1. The molecular formula is C12H14ClNO2S. The first-order valence-corrected chi connectivity index (χ1v) is 6.29. The van der Waals surface area contributed by atoms with Gasteiger partial charge in [0.25, 0.3) is 0 Å². The SMILES string of the molecule is NC(=S)c1ccc(OC2CCOCC2)c(Cl)c1. The summed E-state index contributed by atoms with van der Waals surface area (Å²) in [5.41, 5.74) is 6.29. The van der Waals surface area contributed by atoms with E-state index in [1.165, 1.54) is 0 Å². The summed E-state index contributed by atoms with van der Waals surface area (Å²) in [5.74, 6) is 0.679. The Balaban J connectivity index is 2.08. The molecule has 1 aliphatic heterocycles. The average molecular weight is 272 g/mol. The maximum absolute atomic E-state index is 6.12. The van der Waals surface area contributed by atoms with Crippen molar-refractivity contribution in [3.63, 3.8) is 0 Å². The Morgan fingerprint density at radius 3 is 2.71 bits per heavy atom. The zero-order valence-corrected chi connectivity index (χ0v) is 10.9. The first kappa shape index (κ1) is 12.6. The van der Waals surface area contributed by atoms with Gasteiger partial charge in [-0.2, -0.15) is 0 Å². The van der Waals surface area contributed by atoms with Gasteiger partial charge in [0, 0.05) is 18.4 Å². The molecule has 0 aromatic heterocycles. The molecule has 3 nitrogen and oxygen atoms in total. The normalized spacial score (nSPS) is 16.8. The van der Waals surface area contributed by atoms with Crippen LogP contribution >= 0.6 is 23.8 Å². The van der Waals surface area contributed by atoms with E-state index in [1.807, 2.05) is 12.1 Å². The molecule has 2 N–H and O–H groups in total. The Morgan fingerprint density at radius 1 is 1.41 bits per heavy atom. The zero-order valence-electron chi connectivity index (χ0n) is 9.32. The third kappa shape index (κ3) is 3.31. The summed E-state index contributed by atoms with van der Waals surface area (Å²) in [6.45, 7) is 1.49. The van der Waals surface area contributed by atoms with Crippen molar-refractivity contribution in [1.29, 1.82) is 0 Å². The van der Waals surface area contributed by atoms with Gasteiger partial charge in [-0.25, -0.2) is 0 Å². The molecule has 0 radical (unpaired) electrons. The summed E-state index contributed by atoms with van der Waals surface area (Å²) in [5, 5.41) is 0.543. The van der Waals surface area contributed by atoms with Crippen molar-refractivity contribution in [2.75, 3.05) is 13.2 Å². The Bertz CT molecular complexity index is 419. The lowest BCUT2D eigenvalue weighted by molar-refractivity contribution is 0.0256. The van der Waals surface area contributed by atoms with Crippen molar-refractivity contribution in [2.45, 2.75) is 18.9 Å². The van der Waals surface area contributed by atoms with Crippen LogP contribution in [0, 0.1) is 0 Å². The molecule has 1 aromatic carbocycles.